The molecule has 0 heterocycles. The van der Waals surface area contributed by atoms with Crippen molar-refractivity contribution < 1.29 is 4.79 Å². The summed E-state index contributed by atoms with van der Waals surface area (Å²) in [6, 6.07) is 10.5. The molecule has 0 saturated heterocycles. The van der Waals surface area contributed by atoms with Gasteiger partial charge in [0.1, 0.15) is 0 Å². The van der Waals surface area contributed by atoms with E-state index in [0.29, 0.717) is 11.7 Å². The monoisotopic (exact) mass is 228 g/mol. The van der Waals surface area contributed by atoms with Crippen LogP contribution >= 0.6 is 0 Å². The normalized spacial score (nSPS) is 19.8. The lowest BCUT2D eigenvalue weighted by atomic mass is 9.91. The summed E-state index contributed by atoms with van der Waals surface area (Å²) in [5, 5.41) is 0. The first-order valence-electron chi connectivity index (χ1n) is 6.44. The van der Waals surface area contributed by atoms with Gasteiger partial charge in [-0.3, -0.25) is 4.79 Å². The summed E-state index contributed by atoms with van der Waals surface area (Å²) in [4.78, 5) is 11.8. The number of hydrogen-bond donors (Lipinski definition) is 0. The Morgan fingerprint density at radius 3 is 2.47 bits per heavy atom. The van der Waals surface area contributed by atoms with Crippen LogP contribution in [0.15, 0.2) is 42.0 Å². The molecule has 0 amide bonds. The first-order valence-corrected chi connectivity index (χ1v) is 6.44. The Morgan fingerprint density at radius 2 is 1.88 bits per heavy atom. The van der Waals surface area contributed by atoms with Crippen LogP contribution in [0.4, 0.5) is 0 Å². The molecule has 0 aromatic heterocycles. The van der Waals surface area contributed by atoms with Crippen LogP contribution in [-0.4, -0.2) is 5.78 Å². The number of benzene rings is 1. The highest BCUT2D eigenvalue weighted by Crippen LogP contribution is 2.30. The predicted molar refractivity (Wildman–Crippen MR) is 70.8 cm³/mol. The predicted octanol–water partition coefficient (Wildman–Crippen LogP) is 3.79. The van der Waals surface area contributed by atoms with Gasteiger partial charge in [-0.05, 0) is 36.8 Å². The Hall–Kier alpha value is -1.37. The molecule has 90 valence electrons. The van der Waals surface area contributed by atoms with Crippen molar-refractivity contribution >= 4 is 5.78 Å². The lowest BCUT2D eigenvalue weighted by Crippen LogP contribution is -2.13. The summed E-state index contributed by atoms with van der Waals surface area (Å²) in [5.74, 6) is 1.04. The highest BCUT2D eigenvalue weighted by Gasteiger charge is 2.27. The van der Waals surface area contributed by atoms with E-state index < -0.39 is 0 Å². The van der Waals surface area contributed by atoms with Crippen molar-refractivity contribution in [3.8, 4) is 0 Å². The second-order valence-electron chi connectivity index (χ2n) is 5.25. The van der Waals surface area contributed by atoms with E-state index in [0.717, 1.165) is 19.3 Å². The van der Waals surface area contributed by atoms with E-state index in [-0.39, 0.29) is 5.92 Å². The van der Waals surface area contributed by atoms with Gasteiger partial charge >= 0.3 is 0 Å². The van der Waals surface area contributed by atoms with Crippen molar-refractivity contribution in [2.24, 2.45) is 11.8 Å². The molecule has 1 aromatic rings. The fraction of sp³-hybridized carbons (Fsp3) is 0.438. The summed E-state index contributed by atoms with van der Waals surface area (Å²) in [6.45, 7) is 4.27. The van der Waals surface area contributed by atoms with Crippen LogP contribution in [-0.2, 0) is 11.2 Å². The van der Waals surface area contributed by atoms with E-state index >= 15 is 0 Å². The molecular formula is C16H20O. The van der Waals surface area contributed by atoms with Crippen molar-refractivity contribution in [2.75, 3.05) is 0 Å². The zero-order valence-electron chi connectivity index (χ0n) is 10.6. The van der Waals surface area contributed by atoms with E-state index in [1.165, 1.54) is 11.1 Å². The quantitative estimate of drug-likeness (QED) is 0.766. The molecule has 1 aliphatic carbocycles. The van der Waals surface area contributed by atoms with Gasteiger partial charge in [-0.25, -0.2) is 0 Å². The highest BCUT2D eigenvalue weighted by atomic mass is 16.1. The maximum absolute atomic E-state index is 11.8. The molecule has 0 bridgehead atoms. The first kappa shape index (κ1) is 12.1. The average Bonchev–Trinajstić information content (AvgIpc) is 2.69. The maximum Gasteiger partial charge on any atom is 0.159 e. The van der Waals surface area contributed by atoms with Crippen LogP contribution in [0.2, 0.25) is 0 Å². The Labute approximate surface area is 104 Å². The average molecular weight is 228 g/mol. The summed E-state index contributed by atoms with van der Waals surface area (Å²) in [6.07, 6.45) is 4.93. The number of carbonyl (C=O) groups excluding carboxylic acids is 1. The third kappa shape index (κ3) is 3.06. The van der Waals surface area contributed by atoms with Gasteiger partial charge in [0, 0.05) is 5.92 Å². The number of carbonyl (C=O) groups is 1. The van der Waals surface area contributed by atoms with Crippen LogP contribution in [0.3, 0.4) is 0 Å². The van der Waals surface area contributed by atoms with E-state index in [2.05, 4.69) is 38.1 Å². The van der Waals surface area contributed by atoms with Gasteiger partial charge in [0.05, 0.1) is 0 Å². The molecule has 1 heteroatoms. The number of hydrogen-bond acceptors (Lipinski definition) is 1. The van der Waals surface area contributed by atoms with Crippen LogP contribution in [0, 0.1) is 11.8 Å². The SMILES string of the molecule is CC(C)[C@H]1CC(CCc2ccccc2)=CC1=O. The second-order valence-corrected chi connectivity index (χ2v) is 5.25. The van der Waals surface area contributed by atoms with E-state index in [1.54, 1.807) is 0 Å². The van der Waals surface area contributed by atoms with Crippen LogP contribution in [0.25, 0.3) is 0 Å². The molecule has 0 spiro atoms. The number of allylic oxidation sites excluding steroid dienone is 2. The summed E-state index contributed by atoms with van der Waals surface area (Å²) >= 11 is 0. The van der Waals surface area contributed by atoms with Gasteiger partial charge in [-0.2, -0.15) is 0 Å². The third-order valence-electron chi connectivity index (χ3n) is 3.58. The fourth-order valence-corrected chi connectivity index (χ4v) is 2.44. The molecule has 1 atom stereocenters. The molecule has 1 nitrogen and oxygen atoms in total. The lowest BCUT2D eigenvalue weighted by Gasteiger charge is -2.12. The van der Waals surface area contributed by atoms with Crippen molar-refractivity contribution in [1.29, 1.82) is 0 Å². The van der Waals surface area contributed by atoms with Crippen molar-refractivity contribution in [3.05, 3.63) is 47.5 Å². The third-order valence-corrected chi connectivity index (χ3v) is 3.58. The van der Waals surface area contributed by atoms with Crippen molar-refractivity contribution in [1.82, 2.24) is 0 Å². The van der Waals surface area contributed by atoms with Crippen LogP contribution in [0.1, 0.15) is 32.3 Å². The molecule has 0 N–H and O–H groups in total. The van der Waals surface area contributed by atoms with Gasteiger partial charge in [0.15, 0.2) is 5.78 Å². The molecule has 0 radical (unpaired) electrons. The van der Waals surface area contributed by atoms with Gasteiger partial charge in [-0.1, -0.05) is 49.8 Å². The molecular weight excluding hydrogens is 208 g/mol. The van der Waals surface area contributed by atoms with Crippen LogP contribution in [0.5, 0.6) is 0 Å². The van der Waals surface area contributed by atoms with E-state index in [4.69, 9.17) is 0 Å². The zero-order chi connectivity index (χ0) is 12.3. The van der Waals surface area contributed by atoms with Crippen LogP contribution < -0.4 is 0 Å². The highest BCUT2D eigenvalue weighted by molar-refractivity contribution is 5.95. The molecule has 2 rings (SSSR count). The smallest absolute Gasteiger partial charge is 0.159 e. The summed E-state index contributed by atoms with van der Waals surface area (Å²) in [5.41, 5.74) is 2.69. The van der Waals surface area contributed by atoms with Crippen molar-refractivity contribution in [2.45, 2.75) is 33.1 Å². The summed E-state index contributed by atoms with van der Waals surface area (Å²) in [7, 11) is 0. The van der Waals surface area contributed by atoms with E-state index in [9.17, 15) is 4.79 Å². The van der Waals surface area contributed by atoms with Gasteiger partial charge in [0.25, 0.3) is 0 Å². The Bertz CT molecular complexity index is 414. The van der Waals surface area contributed by atoms with Crippen molar-refractivity contribution in [3.63, 3.8) is 0 Å². The molecule has 0 aliphatic heterocycles. The number of rotatable bonds is 4. The first-order chi connectivity index (χ1) is 8.16. The maximum atomic E-state index is 11.8. The van der Waals surface area contributed by atoms with Gasteiger partial charge in [0.2, 0.25) is 0 Å². The van der Waals surface area contributed by atoms with Gasteiger partial charge in [-0.15, -0.1) is 0 Å². The molecule has 1 aliphatic rings. The topological polar surface area (TPSA) is 17.1 Å². The number of aryl methyl sites for hydroxylation is 1. The standard InChI is InChI=1S/C16H20O/c1-12(2)15-10-14(11-16(15)17)9-8-13-6-4-3-5-7-13/h3-7,11-12,15H,8-10H2,1-2H3/t15-/m1/s1. The van der Waals surface area contributed by atoms with Gasteiger partial charge < -0.3 is 0 Å². The second kappa shape index (κ2) is 5.31. The Kier molecular flexibility index (Phi) is 3.78. The summed E-state index contributed by atoms with van der Waals surface area (Å²) < 4.78 is 0. The molecule has 17 heavy (non-hydrogen) atoms. The lowest BCUT2D eigenvalue weighted by molar-refractivity contribution is -0.118. The minimum atomic E-state index is 0.237. The fourth-order valence-electron chi connectivity index (χ4n) is 2.44. The largest absolute Gasteiger partial charge is 0.295 e. The minimum Gasteiger partial charge on any atom is -0.295 e. The Morgan fingerprint density at radius 1 is 1.18 bits per heavy atom. The van der Waals surface area contributed by atoms with E-state index in [1.807, 2.05) is 12.1 Å². The Balaban J connectivity index is 1.90. The number of ketones is 1. The molecule has 1 aromatic carbocycles. The minimum absolute atomic E-state index is 0.237. The molecule has 0 fully saturated rings. The molecule has 0 saturated carbocycles. The zero-order valence-corrected chi connectivity index (χ0v) is 10.6. The molecule has 0 unspecified atom stereocenters.